The Morgan fingerprint density at radius 1 is 1.56 bits per heavy atom. The Hall–Kier alpha value is -1.32. The Bertz CT molecular complexity index is 396. The summed E-state index contributed by atoms with van der Waals surface area (Å²) >= 11 is 0. The molecule has 0 radical (unpaired) electrons. The van der Waals surface area contributed by atoms with E-state index in [0.29, 0.717) is 11.6 Å². The van der Waals surface area contributed by atoms with Crippen LogP contribution in [0.4, 0.5) is 0 Å². The molecule has 0 fully saturated rings. The molecule has 1 aromatic heterocycles. The number of carbonyl (C=O) groups excluding carboxylic acids is 1. The maximum atomic E-state index is 11.9. The summed E-state index contributed by atoms with van der Waals surface area (Å²) in [5.74, 6) is 1.39. The molecule has 0 spiro atoms. The summed E-state index contributed by atoms with van der Waals surface area (Å²) in [6.45, 7) is 6.07. The maximum absolute atomic E-state index is 11.9. The highest BCUT2D eigenvalue weighted by Gasteiger charge is 2.26. The third-order valence-corrected chi connectivity index (χ3v) is 2.92. The van der Waals surface area contributed by atoms with E-state index in [1.807, 2.05) is 13.8 Å². The third kappa shape index (κ3) is 2.10. The molecule has 1 N–H and O–H groups in total. The maximum Gasteiger partial charge on any atom is 0.273 e. The molecule has 1 aliphatic carbocycles. The van der Waals surface area contributed by atoms with E-state index in [9.17, 15) is 4.79 Å². The van der Waals surface area contributed by atoms with Crippen molar-refractivity contribution < 1.29 is 9.32 Å². The topological polar surface area (TPSA) is 55.1 Å². The number of aryl methyl sites for hydroxylation is 1. The minimum Gasteiger partial charge on any atom is -0.360 e. The van der Waals surface area contributed by atoms with Gasteiger partial charge in [-0.05, 0) is 32.6 Å². The summed E-state index contributed by atoms with van der Waals surface area (Å²) in [7, 11) is 0. The van der Waals surface area contributed by atoms with Crippen LogP contribution in [0.15, 0.2) is 4.52 Å². The Morgan fingerprint density at radius 3 is 3.00 bits per heavy atom. The third-order valence-electron chi connectivity index (χ3n) is 2.92. The van der Waals surface area contributed by atoms with Gasteiger partial charge in [-0.25, -0.2) is 0 Å². The summed E-state index contributed by atoms with van der Waals surface area (Å²) in [5.41, 5.74) is 1.49. The van der Waals surface area contributed by atoms with Crippen LogP contribution in [0.2, 0.25) is 0 Å². The number of fused-ring (bicyclic) bond motifs is 1. The van der Waals surface area contributed by atoms with Gasteiger partial charge in [-0.15, -0.1) is 0 Å². The molecule has 0 saturated carbocycles. The van der Waals surface area contributed by atoms with Crippen molar-refractivity contribution in [2.45, 2.75) is 46.1 Å². The molecular formula is C12H18N2O2. The molecular weight excluding hydrogens is 204 g/mol. The summed E-state index contributed by atoms with van der Waals surface area (Å²) in [5, 5.41) is 6.75. The fourth-order valence-electron chi connectivity index (χ4n) is 2.09. The lowest BCUT2D eigenvalue weighted by molar-refractivity contribution is 0.0933. The molecule has 1 atom stereocenters. The molecule has 4 nitrogen and oxygen atoms in total. The van der Waals surface area contributed by atoms with Gasteiger partial charge < -0.3 is 9.84 Å². The Morgan fingerprint density at radius 2 is 2.31 bits per heavy atom. The van der Waals surface area contributed by atoms with Gasteiger partial charge in [0.25, 0.3) is 5.91 Å². The van der Waals surface area contributed by atoms with Gasteiger partial charge in [-0.1, -0.05) is 12.1 Å². The van der Waals surface area contributed by atoms with Crippen LogP contribution >= 0.6 is 0 Å². The first-order valence-corrected chi connectivity index (χ1v) is 5.86. The zero-order valence-corrected chi connectivity index (χ0v) is 10.0. The Balaban J connectivity index is 2.22. The van der Waals surface area contributed by atoms with E-state index in [2.05, 4.69) is 17.4 Å². The standard InChI is InChI=1S/C12H18N2O2/c1-7(2)13-12(15)11-9-6-8(3)4-5-10(9)16-14-11/h7-8H,4-6H2,1-3H3,(H,13,15)/t8-/m1/s1. The van der Waals surface area contributed by atoms with Crippen molar-refractivity contribution >= 4 is 5.91 Å². The summed E-state index contributed by atoms with van der Waals surface area (Å²) in [4.78, 5) is 11.9. The second-order valence-corrected chi connectivity index (χ2v) is 4.91. The normalized spacial score (nSPS) is 19.6. The first-order valence-electron chi connectivity index (χ1n) is 5.86. The largest absolute Gasteiger partial charge is 0.360 e. The average molecular weight is 222 g/mol. The van der Waals surface area contributed by atoms with Crippen LogP contribution in [0.3, 0.4) is 0 Å². The molecule has 0 saturated heterocycles. The molecule has 1 aliphatic rings. The van der Waals surface area contributed by atoms with E-state index in [0.717, 1.165) is 30.6 Å². The van der Waals surface area contributed by atoms with Crippen LogP contribution in [0.25, 0.3) is 0 Å². The molecule has 1 heterocycles. The predicted octanol–water partition coefficient (Wildman–Crippen LogP) is 1.94. The van der Waals surface area contributed by atoms with Crippen LogP contribution in [0, 0.1) is 5.92 Å². The second kappa shape index (κ2) is 4.28. The summed E-state index contributed by atoms with van der Waals surface area (Å²) in [6, 6.07) is 0.126. The molecule has 0 aliphatic heterocycles. The predicted molar refractivity (Wildman–Crippen MR) is 60.3 cm³/mol. The number of aromatic nitrogens is 1. The fourth-order valence-corrected chi connectivity index (χ4v) is 2.09. The Labute approximate surface area is 95.4 Å². The van der Waals surface area contributed by atoms with Gasteiger partial charge in [0, 0.05) is 18.0 Å². The van der Waals surface area contributed by atoms with Crippen LogP contribution in [0.1, 0.15) is 49.0 Å². The number of hydrogen-bond acceptors (Lipinski definition) is 3. The zero-order chi connectivity index (χ0) is 11.7. The molecule has 2 rings (SSSR count). The van der Waals surface area contributed by atoms with Gasteiger partial charge in [0.2, 0.25) is 0 Å². The van der Waals surface area contributed by atoms with Gasteiger partial charge in [0.15, 0.2) is 5.69 Å². The SMILES string of the molecule is CC(C)NC(=O)c1noc2c1C[C@H](C)CC2. The van der Waals surface area contributed by atoms with Crippen LogP contribution in [-0.4, -0.2) is 17.1 Å². The van der Waals surface area contributed by atoms with E-state index in [1.54, 1.807) is 0 Å². The molecule has 1 amide bonds. The minimum atomic E-state index is -0.117. The van der Waals surface area contributed by atoms with E-state index in [-0.39, 0.29) is 11.9 Å². The highest BCUT2D eigenvalue weighted by molar-refractivity contribution is 5.94. The highest BCUT2D eigenvalue weighted by Crippen LogP contribution is 2.27. The number of nitrogens with zero attached hydrogens (tertiary/aromatic N) is 1. The van der Waals surface area contributed by atoms with Crippen LogP contribution < -0.4 is 5.32 Å². The monoisotopic (exact) mass is 222 g/mol. The fraction of sp³-hybridized carbons (Fsp3) is 0.667. The van der Waals surface area contributed by atoms with Crippen molar-refractivity contribution in [2.24, 2.45) is 5.92 Å². The van der Waals surface area contributed by atoms with E-state index < -0.39 is 0 Å². The number of hydrogen-bond donors (Lipinski definition) is 1. The van der Waals surface area contributed by atoms with Crippen molar-refractivity contribution in [2.75, 3.05) is 0 Å². The number of rotatable bonds is 2. The minimum absolute atomic E-state index is 0.117. The molecule has 0 bridgehead atoms. The quantitative estimate of drug-likeness (QED) is 0.832. The van der Waals surface area contributed by atoms with Gasteiger partial charge in [0.1, 0.15) is 5.76 Å². The van der Waals surface area contributed by atoms with Crippen LogP contribution in [0.5, 0.6) is 0 Å². The van der Waals surface area contributed by atoms with Gasteiger partial charge in [-0.2, -0.15) is 0 Å². The van der Waals surface area contributed by atoms with Crippen molar-refractivity contribution in [1.82, 2.24) is 10.5 Å². The number of nitrogens with one attached hydrogen (secondary N) is 1. The van der Waals surface area contributed by atoms with Crippen molar-refractivity contribution in [1.29, 1.82) is 0 Å². The molecule has 4 heteroatoms. The zero-order valence-electron chi connectivity index (χ0n) is 10.0. The molecule has 16 heavy (non-hydrogen) atoms. The highest BCUT2D eigenvalue weighted by atomic mass is 16.5. The summed E-state index contributed by atoms with van der Waals surface area (Å²) in [6.07, 6.45) is 2.92. The van der Waals surface area contributed by atoms with E-state index >= 15 is 0 Å². The van der Waals surface area contributed by atoms with Gasteiger partial charge in [0.05, 0.1) is 0 Å². The van der Waals surface area contributed by atoms with Crippen LogP contribution in [-0.2, 0) is 12.8 Å². The first kappa shape index (κ1) is 11.2. The number of amides is 1. The first-order chi connectivity index (χ1) is 7.58. The molecule has 0 unspecified atom stereocenters. The smallest absolute Gasteiger partial charge is 0.273 e. The van der Waals surface area contributed by atoms with Crippen molar-refractivity contribution in [3.63, 3.8) is 0 Å². The number of carbonyl (C=O) groups is 1. The average Bonchev–Trinajstić information content (AvgIpc) is 2.59. The van der Waals surface area contributed by atoms with Gasteiger partial charge >= 0.3 is 0 Å². The lowest BCUT2D eigenvalue weighted by atomic mass is 9.88. The molecule has 88 valence electrons. The molecule has 0 aromatic carbocycles. The van der Waals surface area contributed by atoms with Crippen molar-refractivity contribution in [3.8, 4) is 0 Å². The Kier molecular flexibility index (Phi) is 2.99. The summed E-state index contributed by atoms with van der Waals surface area (Å²) < 4.78 is 5.23. The van der Waals surface area contributed by atoms with E-state index in [1.165, 1.54) is 0 Å². The lowest BCUT2D eigenvalue weighted by Crippen LogP contribution is -2.31. The molecule has 1 aromatic rings. The van der Waals surface area contributed by atoms with Crippen molar-refractivity contribution in [3.05, 3.63) is 17.0 Å². The van der Waals surface area contributed by atoms with Gasteiger partial charge in [-0.3, -0.25) is 4.79 Å². The lowest BCUT2D eigenvalue weighted by Gasteiger charge is -2.16. The second-order valence-electron chi connectivity index (χ2n) is 4.91. The van der Waals surface area contributed by atoms with E-state index in [4.69, 9.17) is 4.52 Å².